The number of fused-ring (bicyclic) bond motifs is 9. The molecule has 11 nitrogen and oxygen atoms in total. The molecule has 72 heavy (non-hydrogen) atoms. The van der Waals surface area contributed by atoms with Crippen LogP contribution in [0.15, 0.2) is 133 Å². The standard InChI is InChI=1S/C59H56Cl2N5O6/c1-37(63-59(70)72-36-50-46-17-6-4-15-44(46)45-16-5-7-18-47(45)50)12-11-29-62-58(69)64-42-26-23-38(24-27-42)35-71-53-30-52-57(49-20-9-8-19-48(49)53)41(32-61)34-66(52)55(68)22-10-21-54(67)65-33-40(31-60)56-43-14-3-2-13-39(43)25-28-51(56)65/h2-9,13-20,23-24,26-28,30,37,40-41,50H,10-12,21-22,29,31-36H2,1H3,(H,63,70)(H2,62,64,69)/t37-,40+,41+/m0/s1. The molecule has 0 fully saturated rings. The van der Waals surface area contributed by atoms with Crippen molar-refractivity contribution in [2.24, 2.45) is 0 Å². The molecule has 7 aromatic carbocycles. The Morgan fingerprint density at radius 3 is 1.99 bits per heavy atom. The highest BCUT2D eigenvalue weighted by atomic mass is 35.5. The van der Waals surface area contributed by atoms with Crippen molar-refractivity contribution >= 4 is 85.7 Å². The summed E-state index contributed by atoms with van der Waals surface area (Å²) in [6.45, 7) is 3.82. The number of rotatable bonds is 17. The number of benzene rings is 7. The van der Waals surface area contributed by atoms with E-state index in [4.69, 9.17) is 32.7 Å². The average Bonchev–Trinajstić information content (AvgIpc) is 4.09. The van der Waals surface area contributed by atoms with E-state index in [0.717, 1.165) is 49.6 Å². The first-order valence-corrected chi connectivity index (χ1v) is 25.9. The van der Waals surface area contributed by atoms with E-state index in [9.17, 15) is 19.2 Å². The van der Waals surface area contributed by atoms with E-state index in [1.165, 1.54) is 22.3 Å². The summed E-state index contributed by atoms with van der Waals surface area (Å²) in [5.41, 5.74) is 9.95. The highest BCUT2D eigenvalue weighted by Gasteiger charge is 2.36. The topological polar surface area (TPSA) is 129 Å². The molecule has 367 valence electrons. The molecule has 2 aliphatic heterocycles. The molecule has 0 aromatic heterocycles. The minimum absolute atomic E-state index is 0.00525. The highest BCUT2D eigenvalue weighted by Crippen LogP contribution is 2.47. The van der Waals surface area contributed by atoms with Gasteiger partial charge < -0.3 is 35.2 Å². The molecule has 1 aliphatic carbocycles. The molecule has 0 bridgehead atoms. The van der Waals surface area contributed by atoms with Crippen LogP contribution in [-0.4, -0.2) is 68.0 Å². The Kier molecular flexibility index (Phi) is 14.6. The second-order valence-electron chi connectivity index (χ2n) is 18.9. The van der Waals surface area contributed by atoms with Crippen LogP contribution >= 0.6 is 23.2 Å². The number of urea groups is 1. The monoisotopic (exact) mass is 1000 g/mol. The lowest BCUT2D eigenvalue weighted by molar-refractivity contribution is -0.119. The summed E-state index contributed by atoms with van der Waals surface area (Å²) in [5.74, 6) is 1.25. The molecule has 3 aliphatic rings. The third-order valence-corrected chi connectivity index (χ3v) is 15.0. The predicted molar refractivity (Wildman–Crippen MR) is 287 cm³/mol. The Morgan fingerprint density at radius 1 is 0.708 bits per heavy atom. The van der Waals surface area contributed by atoms with Crippen LogP contribution in [0.1, 0.15) is 84.6 Å². The van der Waals surface area contributed by atoms with E-state index in [2.05, 4.69) is 52.3 Å². The number of alkyl carbamates (subject to hydrolysis) is 1. The molecule has 7 aromatic rings. The molecule has 3 atom stereocenters. The van der Waals surface area contributed by atoms with E-state index in [-0.39, 0.29) is 67.7 Å². The smallest absolute Gasteiger partial charge is 0.407 e. The number of hydrogen-bond donors (Lipinski definition) is 3. The van der Waals surface area contributed by atoms with Crippen LogP contribution in [0.5, 0.6) is 5.75 Å². The molecule has 0 saturated heterocycles. The lowest BCUT2D eigenvalue weighted by Gasteiger charge is -2.21. The number of halogens is 2. The van der Waals surface area contributed by atoms with Gasteiger partial charge in [0.2, 0.25) is 11.8 Å². The van der Waals surface area contributed by atoms with Gasteiger partial charge in [-0.05, 0) is 106 Å². The summed E-state index contributed by atoms with van der Waals surface area (Å²) < 4.78 is 12.2. The molecule has 13 heteroatoms. The number of alkyl halides is 2. The zero-order valence-corrected chi connectivity index (χ0v) is 41.6. The SMILES string of the molecule is C[C@@H](CCCNC(=O)Nc1ccc(COc2cc3c(c4ccccc24)[C@H](CCl)CN3C(=O)CCCC(=O)N2C[C@@H](CCl)c3c2c[c]c2ccccc32)cc1)NC(=O)OCC1c2ccccc2-c2ccccc21. The Morgan fingerprint density at radius 2 is 1.31 bits per heavy atom. The van der Waals surface area contributed by atoms with Crippen LogP contribution in [0.2, 0.25) is 0 Å². The lowest BCUT2D eigenvalue weighted by atomic mass is 9.95. The molecule has 0 saturated carbocycles. The van der Waals surface area contributed by atoms with E-state index in [1.807, 2.05) is 115 Å². The first kappa shape index (κ1) is 48.5. The van der Waals surface area contributed by atoms with Crippen molar-refractivity contribution in [1.82, 2.24) is 10.6 Å². The normalized spacial score (nSPS) is 15.9. The van der Waals surface area contributed by atoms with Gasteiger partial charge in [-0.15, -0.1) is 23.2 Å². The van der Waals surface area contributed by atoms with Gasteiger partial charge in [0.25, 0.3) is 0 Å². The van der Waals surface area contributed by atoms with E-state index in [0.29, 0.717) is 62.1 Å². The number of amides is 5. The van der Waals surface area contributed by atoms with Gasteiger partial charge in [0.05, 0.1) is 5.69 Å². The summed E-state index contributed by atoms with van der Waals surface area (Å²) in [5, 5.41) is 12.7. The summed E-state index contributed by atoms with van der Waals surface area (Å²) in [7, 11) is 0. The Balaban J connectivity index is 0.690. The Hall–Kier alpha value is -7.08. The number of carbonyl (C=O) groups excluding carboxylic acids is 4. The maximum atomic E-state index is 14.0. The van der Waals surface area contributed by atoms with Crippen molar-refractivity contribution in [1.29, 1.82) is 0 Å². The number of carbonyl (C=O) groups is 4. The van der Waals surface area contributed by atoms with E-state index < -0.39 is 6.09 Å². The van der Waals surface area contributed by atoms with Crippen LogP contribution in [0.25, 0.3) is 32.7 Å². The van der Waals surface area contributed by atoms with Gasteiger partial charge in [-0.2, -0.15) is 0 Å². The van der Waals surface area contributed by atoms with Crippen molar-refractivity contribution in [3.63, 3.8) is 0 Å². The van der Waals surface area contributed by atoms with Crippen molar-refractivity contribution in [2.45, 2.75) is 69.4 Å². The van der Waals surface area contributed by atoms with Gasteiger partial charge in [-0.25, -0.2) is 9.59 Å². The van der Waals surface area contributed by atoms with Gasteiger partial charge in [0.15, 0.2) is 0 Å². The maximum Gasteiger partial charge on any atom is 0.407 e. The molecule has 5 amide bonds. The zero-order valence-electron chi connectivity index (χ0n) is 40.1. The quantitative estimate of drug-likeness (QED) is 0.0615. The zero-order chi connectivity index (χ0) is 49.7. The summed E-state index contributed by atoms with van der Waals surface area (Å²) in [4.78, 5) is 56.9. The molecule has 0 unspecified atom stereocenters. The van der Waals surface area contributed by atoms with Gasteiger partial charge in [0, 0.05) is 90.9 Å². The second kappa shape index (κ2) is 21.7. The minimum atomic E-state index is -0.457. The highest BCUT2D eigenvalue weighted by molar-refractivity contribution is 6.19. The van der Waals surface area contributed by atoms with Crippen LogP contribution < -0.4 is 30.5 Å². The van der Waals surface area contributed by atoms with Crippen molar-refractivity contribution in [3.05, 3.63) is 167 Å². The third-order valence-electron chi connectivity index (χ3n) is 14.3. The van der Waals surface area contributed by atoms with Gasteiger partial charge >= 0.3 is 12.1 Å². The molecular weight excluding hydrogens is 946 g/mol. The van der Waals surface area contributed by atoms with Crippen LogP contribution in [-0.2, 0) is 20.9 Å². The van der Waals surface area contributed by atoms with Crippen LogP contribution in [0.4, 0.5) is 26.7 Å². The van der Waals surface area contributed by atoms with Crippen LogP contribution in [0, 0.1) is 6.07 Å². The first-order chi connectivity index (χ1) is 35.2. The number of nitrogens with zero attached hydrogens (tertiary/aromatic N) is 2. The summed E-state index contributed by atoms with van der Waals surface area (Å²) in [6, 6.07) is 46.7. The lowest BCUT2D eigenvalue weighted by Crippen LogP contribution is -2.35. The molecule has 2 heterocycles. The largest absolute Gasteiger partial charge is 0.488 e. The first-order valence-electron chi connectivity index (χ1n) is 24.8. The van der Waals surface area contributed by atoms with E-state index >= 15 is 0 Å². The summed E-state index contributed by atoms with van der Waals surface area (Å²) >= 11 is 13.0. The number of hydrogen-bond acceptors (Lipinski definition) is 6. The van der Waals surface area contributed by atoms with Crippen molar-refractivity contribution in [2.75, 3.05) is 53.1 Å². The van der Waals surface area contributed by atoms with Gasteiger partial charge in [-0.1, -0.05) is 109 Å². The van der Waals surface area contributed by atoms with Gasteiger partial charge in [0.1, 0.15) is 19.0 Å². The van der Waals surface area contributed by atoms with E-state index in [1.54, 1.807) is 4.90 Å². The molecular formula is C59H56Cl2N5O6. The van der Waals surface area contributed by atoms with Crippen LogP contribution in [0.3, 0.4) is 0 Å². The fraction of sp³-hybridized carbons (Fsp3) is 0.288. The summed E-state index contributed by atoms with van der Waals surface area (Å²) in [6.07, 6.45) is 1.69. The molecule has 10 rings (SSSR count). The third kappa shape index (κ3) is 10.1. The fourth-order valence-corrected chi connectivity index (χ4v) is 11.2. The number of nitrogens with one attached hydrogen (secondary N) is 3. The minimum Gasteiger partial charge on any atom is -0.488 e. The second-order valence-corrected chi connectivity index (χ2v) is 19.5. The number of anilines is 3. The van der Waals surface area contributed by atoms with Crippen molar-refractivity contribution < 1.29 is 28.7 Å². The Labute approximate surface area is 429 Å². The predicted octanol–water partition coefficient (Wildman–Crippen LogP) is 12.4. The average molecular weight is 1000 g/mol. The molecule has 0 spiro atoms. The van der Waals surface area contributed by atoms with Crippen molar-refractivity contribution in [3.8, 4) is 16.9 Å². The molecule has 1 radical (unpaired) electrons. The maximum absolute atomic E-state index is 14.0. The van der Waals surface area contributed by atoms with Gasteiger partial charge in [-0.3, -0.25) is 9.59 Å². The Bertz CT molecular complexity index is 3120. The number of ether oxygens (including phenoxy) is 2. The molecule has 3 N–H and O–H groups in total. The fourth-order valence-electron chi connectivity index (χ4n) is 10.7.